The van der Waals surface area contributed by atoms with Crippen LogP contribution in [0.2, 0.25) is 0 Å². The number of piperidine rings is 1. The highest BCUT2D eigenvalue weighted by Gasteiger charge is 2.28. The molecular formula is C19H23F3N4OS. The molecule has 28 heavy (non-hydrogen) atoms. The number of anilines is 1. The van der Waals surface area contributed by atoms with Crippen molar-refractivity contribution in [2.45, 2.75) is 25.4 Å². The van der Waals surface area contributed by atoms with E-state index in [2.05, 4.69) is 20.1 Å². The average molecular weight is 412 g/mol. The van der Waals surface area contributed by atoms with E-state index in [0.717, 1.165) is 56.4 Å². The fourth-order valence-electron chi connectivity index (χ4n) is 3.96. The van der Waals surface area contributed by atoms with Gasteiger partial charge < -0.3 is 10.2 Å². The van der Waals surface area contributed by atoms with Gasteiger partial charge in [-0.1, -0.05) is 11.3 Å². The smallest absolute Gasteiger partial charge is 0.230 e. The molecule has 0 bridgehead atoms. The third kappa shape index (κ3) is 4.47. The van der Waals surface area contributed by atoms with E-state index < -0.39 is 17.8 Å². The Bertz CT molecular complexity index is 861. The lowest BCUT2D eigenvalue weighted by molar-refractivity contribution is -0.121. The van der Waals surface area contributed by atoms with Crippen molar-refractivity contribution in [3.8, 4) is 0 Å². The van der Waals surface area contributed by atoms with Crippen LogP contribution in [0.3, 0.4) is 0 Å². The first-order valence-corrected chi connectivity index (χ1v) is 10.4. The van der Waals surface area contributed by atoms with Gasteiger partial charge >= 0.3 is 0 Å². The number of halogens is 3. The lowest BCUT2D eigenvalue weighted by Gasteiger charge is -2.32. The summed E-state index contributed by atoms with van der Waals surface area (Å²) in [6, 6.07) is 2.01. The molecule has 5 nitrogen and oxygen atoms in total. The molecule has 1 amide bonds. The Labute approximate surface area is 165 Å². The zero-order chi connectivity index (χ0) is 19.7. The highest BCUT2D eigenvalue weighted by atomic mass is 32.1. The van der Waals surface area contributed by atoms with Crippen LogP contribution in [-0.2, 0) is 4.79 Å². The number of carbonyl (C=O) groups is 1. The molecule has 1 aromatic carbocycles. The molecule has 3 heterocycles. The number of nitrogens with one attached hydrogen (secondary N) is 1. The molecule has 2 aliphatic heterocycles. The van der Waals surface area contributed by atoms with Crippen LogP contribution in [0.1, 0.15) is 19.3 Å². The zero-order valence-corrected chi connectivity index (χ0v) is 16.3. The molecule has 2 aliphatic rings. The Balaban J connectivity index is 1.33. The van der Waals surface area contributed by atoms with Crippen molar-refractivity contribution in [1.82, 2.24) is 14.8 Å². The van der Waals surface area contributed by atoms with E-state index in [9.17, 15) is 18.0 Å². The number of aromatic nitrogens is 1. The molecule has 0 radical (unpaired) electrons. The second kappa shape index (κ2) is 8.34. The molecule has 1 aromatic heterocycles. The summed E-state index contributed by atoms with van der Waals surface area (Å²) in [7, 11) is 0. The van der Waals surface area contributed by atoms with Crippen LogP contribution in [0.4, 0.5) is 18.3 Å². The monoisotopic (exact) mass is 412 g/mol. The number of thiazole rings is 1. The molecule has 2 fully saturated rings. The predicted octanol–water partition coefficient (Wildman–Crippen LogP) is 3.27. The standard InChI is InChI=1S/C19H23F3N4OS/c20-13-3-5-26(11-13)7-6-25-4-1-2-12(10-25)18(27)24-19-23-17-15(22)8-14(21)9-16(17)28-19/h8-9,12-13H,1-7,10-11H2,(H,23,24,27). The minimum atomic E-state index is -0.729. The molecule has 2 atom stereocenters. The van der Waals surface area contributed by atoms with Crippen LogP contribution in [0.15, 0.2) is 12.1 Å². The van der Waals surface area contributed by atoms with Gasteiger partial charge in [0, 0.05) is 38.8 Å². The number of rotatable bonds is 5. The number of amides is 1. The van der Waals surface area contributed by atoms with Gasteiger partial charge in [-0.15, -0.1) is 0 Å². The molecule has 4 rings (SSSR count). The van der Waals surface area contributed by atoms with Crippen molar-refractivity contribution in [1.29, 1.82) is 0 Å². The SMILES string of the molecule is O=C(Nc1nc2c(F)cc(F)cc2s1)C1CCCN(CCN2CCC(F)C2)C1. The van der Waals surface area contributed by atoms with E-state index in [1.807, 2.05) is 0 Å². The third-order valence-corrected chi connectivity index (χ3v) is 6.38. The summed E-state index contributed by atoms with van der Waals surface area (Å²) in [4.78, 5) is 21.1. The molecule has 1 N–H and O–H groups in total. The Morgan fingerprint density at radius 2 is 1.96 bits per heavy atom. The Hall–Kier alpha value is -1.71. The maximum atomic E-state index is 13.8. The third-order valence-electron chi connectivity index (χ3n) is 5.47. The average Bonchev–Trinajstić information content (AvgIpc) is 3.26. The summed E-state index contributed by atoms with van der Waals surface area (Å²) >= 11 is 1.07. The summed E-state index contributed by atoms with van der Waals surface area (Å²) < 4.78 is 40.8. The Morgan fingerprint density at radius 1 is 1.18 bits per heavy atom. The van der Waals surface area contributed by atoms with Crippen molar-refractivity contribution < 1.29 is 18.0 Å². The largest absolute Gasteiger partial charge is 0.302 e. The number of carbonyl (C=O) groups excluding carboxylic acids is 1. The summed E-state index contributed by atoms with van der Waals surface area (Å²) in [6.07, 6.45) is 1.60. The summed E-state index contributed by atoms with van der Waals surface area (Å²) in [5.74, 6) is -1.70. The maximum absolute atomic E-state index is 13.8. The second-order valence-corrected chi connectivity index (χ2v) is 8.60. The van der Waals surface area contributed by atoms with Gasteiger partial charge in [-0.3, -0.25) is 9.69 Å². The zero-order valence-electron chi connectivity index (χ0n) is 15.5. The molecular weight excluding hydrogens is 389 g/mol. The van der Waals surface area contributed by atoms with Gasteiger partial charge in [0.05, 0.1) is 10.6 Å². The van der Waals surface area contributed by atoms with Crippen molar-refractivity contribution in [2.24, 2.45) is 5.92 Å². The van der Waals surface area contributed by atoms with Crippen LogP contribution in [0, 0.1) is 17.6 Å². The van der Waals surface area contributed by atoms with E-state index in [4.69, 9.17) is 0 Å². The van der Waals surface area contributed by atoms with Crippen molar-refractivity contribution in [3.05, 3.63) is 23.8 Å². The molecule has 0 aliphatic carbocycles. The lowest BCUT2D eigenvalue weighted by atomic mass is 9.97. The van der Waals surface area contributed by atoms with E-state index >= 15 is 0 Å². The molecule has 2 aromatic rings. The number of likely N-dealkylation sites (tertiary alicyclic amines) is 2. The quantitative estimate of drug-likeness (QED) is 0.819. The van der Waals surface area contributed by atoms with Gasteiger partial charge in [-0.25, -0.2) is 18.2 Å². The minimum absolute atomic E-state index is 0.0729. The molecule has 0 spiro atoms. The lowest BCUT2D eigenvalue weighted by Crippen LogP contribution is -2.43. The first-order chi connectivity index (χ1) is 13.5. The Morgan fingerprint density at radius 3 is 2.71 bits per heavy atom. The predicted molar refractivity (Wildman–Crippen MR) is 103 cm³/mol. The molecule has 152 valence electrons. The van der Waals surface area contributed by atoms with E-state index in [-0.39, 0.29) is 22.5 Å². The first-order valence-electron chi connectivity index (χ1n) is 9.63. The summed E-state index contributed by atoms with van der Waals surface area (Å²) in [6.45, 7) is 4.52. The van der Waals surface area contributed by atoms with Crippen LogP contribution >= 0.6 is 11.3 Å². The van der Waals surface area contributed by atoms with Crippen molar-refractivity contribution in [3.63, 3.8) is 0 Å². The van der Waals surface area contributed by atoms with Crippen LogP contribution < -0.4 is 5.32 Å². The molecule has 9 heteroatoms. The molecule has 2 unspecified atom stereocenters. The number of hydrogen-bond acceptors (Lipinski definition) is 5. The van der Waals surface area contributed by atoms with Crippen LogP contribution in [-0.4, -0.2) is 66.1 Å². The minimum Gasteiger partial charge on any atom is -0.302 e. The second-order valence-electron chi connectivity index (χ2n) is 7.57. The van der Waals surface area contributed by atoms with E-state index in [0.29, 0.717) is 24.2 Å². The van der Waals surface area contributed by atoms with Gasteiger partial charge in [-0.2, -0.15) is 0 Å². The summed E-state index contributed by atoms with van der Waals surface area (Å²) in [5.41, 5.74) is 0.0729. The Kier molecular flexibility index (Phi) is 5.84. The van der Waals surface area contributed by atoms with E-state index in [1.165, 1.54) is 6.07 Å². The number of hydrogen-bond donors (Lipinski definition) is 1. The molecule has 0 saturated carbocycles. The first kappa shape index (κ1) is 19.6. The van der Waals surface area contributed by atoms with Gasteiger partial charge in [0.1, 0.15) is 17.5 Å². The van der Waals surface area contributed by atoms with Crippen molar-refractivity contribution in [2.75, 3.05) is 44.6 Å². The normalized spacial score (nSPS) is 24.1. The van der Waals surface area contributed by atoms with Crippen LogP contribution in [0.5, 0.6) is 0 Å². The topological polar surface area (TPSA) is 48.5 Å². The summed E-state index contributed by atoms with van der Waals surface area (Å²) in [5, 5.41) is 3.05. The maximum Gasteiger partial charge on any atom is 0.230 e. The van der Waals surface area contributed by atoms with E-state index in [1.54, 1.807) is 0 Å². The number of fused-ring (bicyclic) bond motifs is 1. The number of benzene rings is 1. The van der Waals surface area contributed by atoms with Gasteiger partial charge in [0.25, 0.3) is 0 Å². The fraction of sp³-hybridized carbons (Fsp3) is 0.579. The highest BCUT2D eigenvalue weighted by Crippen LogP contribution is 2.29. The number of alkyl halides is 1. The highest BCUT2D eigenvalue weighted by molar-refractivity contribution is 7.22. The van der Waals surface area contributed by atoms with Gasteiger partial charge in [0.2, 0.25) is 5.91 Å². The van der Waals surface area contributed by atoms with Gasteiger partial charge in [-0.05, 0) is 31.9 Å². The van der Waals surface area contributed by atoms with Gasteiger partial charge in [0.15, 0.2) is 10.9 Å². The van der Waals surface area contributed by atoms with Crippen LogP contribution in [0.25, 0.3) is 10.2 Å². The number of nitrogens with zero attached hydrogens (tertiary/aromatic N) is 3. The molecule has 2 saturated heterocycles. The fourth-order valence-corrected chi connectivity index (χ4v) is 4.87. The van der Waals surface area contributed by atoms with Crippen molar-refractivity contribution >= 4 is 32.6 Å².